The number of hydrogen-bond donors (Lipinski definition) is 1. The molecule has 1 aliphatic rings. The summed E-state index contributed by atoms with van der Waals surface area (Å²) in [4.78, 5) is 23.3. The van der Waals surface area contributed by atoms with Crippen molar-refractivity contribution < 1.29 is 4.79 Å². The molecule has 3 heterocycles. The van der Waals surface area contributed by atoms with Crippen LogP contribution in [0.15, 0.2) is 42.7 Å². The maximum atomic E-state index is 12.1. The smallest absolute Gasteiger partial charge is 0.246 e. The lowest BCUT2D eigenvalue weighted by Gasteiger charge is -2.32. The van der Waals surface area contributed by atoms with Crippen molar-refractivity contribution >= 4 is 17.4 Å². The Morgan fingerprint density at radius 2 is 1.90 bits per heavy atom. The van der Waals surface area contributed by atoms with E-state index in [2.05, 4.69) is 52.8 Å². The van der Waals surface area contributed by atoms with Crippen LogP contribution in [0.5, 0.6) is 0 Å². The van der Waals surface area contributed by atoms with E-state index in [1.807, 2.05) is 42.7 Å². The standard InChI is InChI=1S/C23H28N6O/c1-15(12-18-8-6-5-7-9-18)29-14-19(13-24-29)10-11-20-25-16(2)21-22(26-20)28(4)17(3)23(30)27-21/h5-9,13-15,17H,10-12H2,1-4H3,(H,27,30)/t15-,17+/m1/s1. The van der Waals surface area contributed by atoms with Gasteiger partial charge in [0.25, 0.3) is 0 Å². The molecule has 4 rings (SSSR count). The Kier molecular flexibility index (Phi) is 5.53. The molecule has 2 atom stereocenters. The van der Waals surface area contributed by atoms with Crippen LogP contribution in [0.4, 0.5) is 11.5 Å². The van der Waals surface area contributed by atoms with Crippen LogP contribution in [-0.4, -0.2) is 38.7 Å². The Hall–Kier alpha value is -3.22. The van der Waals surface area contributed by atoms with E-state index < -0.39 is 0 Å². The van der Waals surface area contributed by atoms with Crippen LogP contribution in [0, 0.1) is 6.92 Å². The number of anilines is 2. The molecule has 156 valence electrons. The van der Waals surface area contributed by atoms with E-state index in [0.717, 1.165) is 36.6 Å². The second-order valence-electron chi connectivity index (χ2n) is 8.07. The number of likely N-dealkylation sites (N-methyl/N-ethyl adjacent to an activating group) is 1. The highest BCUT2D eigenvalue weighted by Gasteiger charge is 2.30. The number of rotatable bonds is 6. The molecule has 1 aliphatic heterocycles. The number of aromatic nitrogens is 4. The van der Waals surface area contributed by atoms with Gasteiger partial charge in [0, 0.05) is 19.7 Å². The monoisotopic (exact) mass is 404 g/mol. The molecule has 1 aromatic carbocycles. The fourth-order valence-corrected chi connectivity index (χ4v) is 3.77. The zero-order valence-electron chi connectivity index (χ0n) is 18.0. The summed E-state index contributed by atoms with van der Waals surface area (Å²) in [5.74, 6) is 1.55. The highest BCUT2D eigenvalue weighted by Crippen LogP contribution is 2.31. The molecule has 7 heteroatoms. The summed E-state index contributed by atoms with van der Waals surface area (Å²) < 4.78 is 2.03. The molecule has 7 nitrogen and oxygen atoms in total. The Morgan fingerprint density at radius 3 is 2.67 bits per heavy atom. The first kappa shape index (κ1) is 20.1. The highest BCUT2D eigenvalue weighted by molar-refractivity contribution is 6.02. The number of nitrogens with zero attached hydrogens (tertiary/aromatic N) is 5. The molecule has 0 spiro atoms. The van der Waals surface area contributed by atoms with Crippen molar-refractivity contribution in [1.82, 2.24) is 19.7 Å². The summed E-state index contributed by atoms with van der Waals surface area (Å²) in [6.45, 7) is 5.98. The summed E-state index contributed by atoms with van der Waals surface area (Å²) in [6, 6.07) is 10.5. The average molecular weight is 405 g/mol. The van der Waals surface area contributed by atoms with Crippen molar-refractivity contribution in [2.75, 3.05) is 17.3 Å². The lowest BCUT2D eigenvalue weighted by atomic mass is 10.1. The zero-order valence-corrected chi connectivity index (χ0v) is 18.0. The Morgan fingerprint density at radius 1 is 1.13 bits per heavy atom. The van der Waals surface area contributed by atoms with E-state index in [0.29, 0.717) is 11.7 Å². The number of aryl methyl sites for hydroxylation is 3. The third-order valence-electron chi connectivity index (χ3n) is 5.78. The van der Waals surface area contributed by atoms with Gasteiger partial charge in [-0.15, -0.1) is 0 Å². The van der Waals surface area contributed by atoms with Crippen molar-refractivity contribution in [3.05, 3.63) is 65.4 Å². The first-order chi connectivity index (χ1) is 14.4. The molecule has 0 saturated heterocycles. The number of carbonyl (C=O) groups excluding carboxylic acids is 1. The second kappa shape index (κ2) is 8.26. The molecule has 0 bridgehead atoms. The zero-order chi connectivity index (χ0) is 21.3. The number of hydrogen-bond acceptors (Lipinski definition) is 5. The molecule has 1 N–H and O–H groups in total. The van der Waals surface area contributed by atoms with Gasteiger partial charge in [-0.3, -0.25) is 9.48 Å². The molecular weight excluding hydrogens is 376 g/mol. The van der Waals surface area contributed by atoms with Gasteiger partial charge in [0.1, 0.15) is 17.6 Å². The molecule has 0 radical (unpaired) electrons. The normalized spacial score (nSPS) is 16.9. The van der Waals surface area contributed by atoms with Crippen LogP contribution in [0.2, 0.25) is 0 Å². The van der Waals surface area contributed by atoms with E-state index in [9.17, 15) is 4.79 Å². The molecule has 0 aliphatic carbocycles. The largest absolute Gasteiger partial charge is 0.346 e. The van der Waals surface area contributed by atoms with E-state index in [4.69, 9.17) is 4.98 Å². The SMILES string of the molecule is Cc1nc(CCc2cnn([C@H](C)Cc3ccccc3)c2)nc2c1NC(=O)[C@H](C)N2C. The van der Waals surface area contributed by atoms with Gasteiger partial charge >= 0.3 is 0 Å². The molecule has 0 fully saturated rings. The molecule has 1 amide bonds. The predicted molar refractivity (Wildman–Crippen MR) is 118 cm³/mol. The molecular formula is C23H28N6O. The van der Waals surface area contributed by atoms with Crippen LogP contribution in [0.3, 0.4) is 0 Å². The lowest BCUT2D eigenvalue weighted by molar-refractivity contribution is -0.117. The van der Waals surface area contributed by atoms with Crippen LogP contribution in [-0.2, 0) is 24.1 Å². The molecule has 30 heavy (non-hydrogen) atoms. The fraction of sp³-hybridized carbons (Fsp3) is 0.391. The number of benzene rings is 1. The van der Waals surface area contributed by atoms with Gasteiger partial charge in [-0.1, -0.05) is 30.3 Å². The molecule has 3 aromatic rings. The number of nitrogens with one attached hydrogen (secondary N) is 1. The van der Waals surface area contributed by atoms with Crippen molar-refractivity contribution in [2.45, 2.75) is 52.1 Å². The second-order valence-corrected chi connectivity index (χ2v) is 8.07. The maximum Gasteiger partial charge on any atom is 0.246 e. The van der Waals surface area contributed by atoms with Gasteiger partial charge in [-0.2, -0.15) is 5.10 Å². The third-order valence-corrected chi connectivity index (χ3v) is 5.78. The van der Waals surface area contributed by atoms with Crippen LogP contribution in [0.1, 0.15) is 42.5 Å². The quantitative estimate of drug-likeness (QED) is 0.682. The first-order valence-corrected chi connectivity index (χ1v) is 10.4. The molecule has 0 saturated carbocycles. The summed E-state index contributed by atoms with van der Waals surface area (Å²) in [6.07, 6.45) is 6.55. The number of amides is 1. The summed E-state index contributed by atoms with van der Waals surface area (Å²) in [5, 5.41) is 7.49. The van der Waals surface area contributed by atoms with Crippen molar-refractivity contribution in [3.63, 3.8) is 0 Å². The maximum absolute atomic E-state index is 12.1. The first-order valence-electron chi connectivity index (χ1n) is 10.4. The van der Waals surface area contributed by atoms with Gasteiger partial charge in [0.05, 0.1) is 17.9 Å². The fourth-order valence-electron chi connectivity index (χ4n) is 3.77. The predicted octanol–water partition coefficient (Wildman–Crippen LogP) is 3.35. The lowest BCUT2D eigenvalue weighted by Crippen LogP contribution is -2.45. The topological polar surface area (TPSA) is 75.9 Å². The van der Waals surface area contributed by atoms with Crippen molar-refractivity contribution in [2.24, 2.45) is 0 Å². The van der Waals surface area contributed by atoms with E-state index in [-0.39, 0.29) is 11.9 Å². The minimum absolute atomic E-state index is 0.0264. The average Bonchev–Trinajstić information content (AvgIpc) is 3.21. The minimum atomic E-state index is -0.246. The van der Waals surface area contributed by atoms with Gasteiger partial charge in [0.15, 0.2) is 5.82 Å². The van der Waals surface area contributed by atoms with Crippen LogP contribution >= 0.6 is 0 Å². The summed E-state index contributed by atoms with van der Waals surface area (Å²) >= 11 is 0. The van der Waals surface area contributed by atoms with Gasteiger partial charge in [0.2, 0.25) is 5.91 Å². The Bertz CT molecular complexity index is 1050. The van der Waals surface area contributed by atoms with Gasteiger partial charge in [-0.25, -0.2) is 9.97 Å². The van der Waals surface area contributed by atoms with Crippen molar-refractivity contribution in [1.29, 1.82) is 0 Å². The number of fused-ring (bicyclic) bond motifs is 1. The van der Waals surface area contributed by atoms with Crippen LogP contribution in [0.25, 0.3) is 0 Å². The van der Waals surface area contributed by atoms with E-state index in [1.54, 1.807) is 0 Å². The summed E-state index contributed by atoms with van der Waals surface area (Å²) in [5.41, 5.74) is 4.00. The van der Waals surface area contributed by atoms with Gasteiger partial charge < -0.3 is 10.2 Å². The minimum Gasteiger partial charge on any atom is -0.346 e. The highest BCUT2D eigenvalue weighted by atomic mass is 16.2. The molecule has 0 unspecified atom stereocenters. The molecule has 2 aromatic heterocycles. The van der Waals surface area contributed by atoms with Crippen LogP contribution < -0.4 is 10.2 Å². The summed E-state index contributed by atoms with van der Waals surface area (Å²) in [7, 11) is 1.90. The third kappa shape index (κ3) is 4.06. The Balaban J connectivity index is 1.43. The van der Waals surface area contributed by atoms with E-state index >= 15 is 0 Å². The van der Waals surface area contributed by atoms with Gasteiger partial charge in [-0.05, 0) is 44.7 Å². The van der Waals surface area contributed by atoms with Crippen molar-refractivity contribution in [3.8, 4) is 0 Å². The number of carbonyl (C=O) groups is 1. The van der Waals surface area contributed by atoms with E-state index in [1.165, 1.54) is 11.1 Å². The Labute approximate surface area is 177 Å².